The summed E-state index contributed by atoms with van der Waals surface area (Å²) in [5.74, 6) is 0. The Balaban J connectivity index is 1.77. The van der Waals surface area contributed by atoms with Crippen LogP contribution in [-0.4, -0.2) is 19.9 Å². The lowest BCUT2D eigenvalue weighted by molar-refractivity contribution is 1.27. The maximum Gasteiger partial charge on any atom is 0.156 e. The molecule has 0 unspecified atom stereocenters. The van der Waals surface area contributed by atoms with Gasteiger partial charge >= 0.3 is 0 Å². The number of hydrogen-bond donors (Lipinski definition) is 0. The summed E-state index contributed by atoms with van der Waals surface area (Å²) in [6.45, 7) is 4.11. The molecule has 0 saturated carbocycles. The average molecular weight is 324 g/mol. The molecule has 0 aliphatic rings. The lowest BCUT2D eigenvalue weighted by atomic mass is 10.2. The largest absolute Gasteiger partial charge is 0.254 e. The number of pyridine rings is 2. The highest BCUT2D eigenvalue weighted by atomic mass is 32.1. The van der Waals surface area contributed by atoms with Gasteiger partial charge in [-0.25, -0.2) is 9.97 Å². The Labute approximate surface area is 135 Å². The lowest BCUT2D eigenvalue weighted by Gasteiger charge is -1.97. The van der Waals surface area contributed by atoms with E-state index in [1.165, 1.54) is 11.1 Å². The fraction of sp³-hybridized carbons (Fsp3) is 0.125. The fourth-order valence-electron chi connectivity index (χ4n) is 2.17. The first-order valence-corrected chi connectivity index (χ1v) is 8.46. The molecule has 0 bridgehead atoms. The third-order valence-electron chi connectivity index (χ3n) is 3.24. The molecule has 0 radical (unpaired) electrons. The van der Waals surface area contributed by atoms with E-state index in [2.05, 4.69) is 33.8 Å². The molecule has 0 spiro atoms. The minimum atomic E-state index is 0.908. The van der Waals surface area contributed by atoms with Crippen LogP contribution in [0.25, 0.3) is 31.1 Å². The summed E-state index contributed by atoms with van der Waals surface area (Å²) in [5.41, 5.74) is 4.18. The van der Waals surface area contributed by atoms with Crippen molar-refractivity contribution in [2.75, 3.05) is 0 Å². The van der Waals surface area contributed by atoms with Crippen LogP contribution in [0.5, 0.6) is 0 Å². The summed E-state index contributed by atoms with van der Waals surface area (Å²) in [6.07, 6.45) is 3.63. The van der Waals surface area contributed by atoms with Crippen molar-refractivity contribution in [1.29, 1.82) is 0 Å². The third kappa shape index (κ3) is 2.40. The molecule has 4 nitrogen and oxygen atoms in total. The van der Waals surface area contributed by atoms with E-state index in [1.54, 1.807) is 22.7 Å². The SMILES string of the molecule is Cc1ccnc(-c2nc3sc(-c4cc(C)ccn4)nc3s2)c1. The summed E-state index contributed by atoms with van der Waals surface area (Å²) in [5, 5.41) is 1.84. The minimum Gasteiger partial charge on any atom is -0.254 e. The lowest BCUT2D eigenvalue weighted by Crippen LogP contribution is -1.83. The van der Waals surface area contributed by atoms with Crippen LogP contribution in [0.15, 0.2) is 36.7 Å². The second-order valence-corrected chi connectivity index (χ2v) is 7.04. The minimum absolute atomic E-state index is 0.908. The maximum absolute atomic E-state index is 4.68. The zero-order chi connectivity index (χ0) is 15.1. The Bertz CT molecular complexity index is 865. The Morgan fingerprint density at radius 3 is 1.59 bits per heavy atom. The van der Waals surface area contributed by atoms with Gasteiger partial charge in [-0.1, -0.05) is 22.7 Å². The molecule has 6 heteroatoms. The predicted molar refractivity (Wildman–Crippen MR) is 91.2 cm³/mol. The average Bonchev–Trinajstić information content (AvgIpc) is 3.05. The summed E-state index contributed by atoms with van der Waals surface area (Å²) < 4.78 is 0. The van der Waals surface area contributed by atoms with Gasteiger partial charge in [0, 0.05) is 12.4 Å². The Hall–Kier alpha value is -2.18. The highest BCUT2D eigenvalue weighted by molar-refractivity contribution is 7.29. The van der Waals surface area contributed by atoms with Crippen LogP contribution in [0.2, 0.25) is 0 Å². The van der Waals surface area contributed by atoms with Crippen LogP contribution >= 0.6 is 22.7 Å². The highest BCUT2D eigenvalue weighted by Crippen LogP contribution is 2.35. The van der Waals surface area contributed by atoms with E-state index < -0.39 is 0 Å². The molecule has 108 valence electrons. The summed E-state index contributed by atoms with van der Waals surface area (Å²) in [4.78, 5) is 20.0. The molecule has 0 aliphatic carbocycles. The van der Waals surface area contributed by atoms with Gasteiger partial charge in [-0.15, -0.1) is 0 Å². The van der Waals surface area contributed by atoms with E-state index in [1.807, 2.05) is 36.7 Å². The van der Waals surface area contributed by atoms with Crippen molar-refractivity contribution in [2.45, 2.75) is 13.8 Å². The van der Waals surface area contributed by atoms with Crippen molar-refractivity contribution in [1.82, 2.24) is 19.9 Å². The number of hydrogen-bond acceptors (Lipinski definition) is 6. The maximum atomic E-state index is 4.68. The standard InChI is InChI=1S/C16H12N4S2/c1-9-3-5-17-11(7-9)13-19-15-16(21-13)20-14(22-15)12-8-10(2)4-6-18-12/h3-8H,1-2H3. The first-order chi connectivity index (χ1) is 10.7. The van der Waals surface area contributed by atoms with Gasteiger partial charge in [-0.2, -0.15) is 0 Å². The van der Waals surface area contributed by atoms with Crippen molar-refractivity contribution in [3.63, 3.8) is 0 Å². The van der Waals surface area contributed by atoms with Gasteiger partial charge in [0.15, 0.2) is 9.66 Å². The number of aromatic nitrogens is 4. The van der Waals surface area contributed by atoms with Gasteiger partial charge < -0.3 is 0 Å². The van der Waals surface area contributed by atoms with Crippen LogP contribution < -0.4 is 0 Å². The fourth-order valence-corrected chi connectivity index (χ4v) is 4.15. The van der Waals surface area contributed by atoms with Crippen molar-refractivity contribution in [2.24, 2.45) is 0 Å². The number of thiazole rings is 2. The number of fused-ring (bicyclic) bond motifs is 1. The highest BCUT2D eigenvalue weighted by Gasteiger charge is 2.14. The van der Waals surface area contributed by atoms with Crippen molar-refractivity contribution >= 4 is 32.3 Å². The van der Waals surface area contributed by atoms with E-state index in [9.17, 15) is 0 Å². The van der Waals surface area contributed by atoms with Crippen LogP contribution in [0, 0.1) is 13.8 Å². The molecule has 4 aromatic rings. The second kappa shape index (κ2) is 5.23. The molecule has 0 fully saturated rings. The van der Waals surface area contributed by atoms with E-state index >= 15 is 0 Å². The summed E-state index contributed by atoms with van der Waals surface area (Å²) in [7, 11) is 0. The normalized spacial score (nSPS) is 11.2. The molecule has 4 rings (SSSR count). The molecule has 4 aromatic heterocycles. The Kier molecular flexibility index (Phi) is 3.20. The van der Waals surface area contributed by atoms with Gasteiger partial charge in [0.1, 0.15) is 10.0 Å². The number of aryl methyl sites for hydroxylation is 2. The second-order valence-electron chi connectivity index (χ2n) is 5.09. The van der Waals surface area contributed by atoms with Crippen LogP contribution in [0.3, 0.4) is 0 Å². The topological polar surface area (TPSA) is 51.6 Å². The van der Waals surface area contributed by atoms with Crippen LogP contribution in [0.1, 0.15) is 11.1 Å². The van der Waals surface area contributed by atoms with Crippen molar-refractivity contribution in [3.05, 3.63) is 47.8 Å². The first-order valence-electron chi connectivity index (χ1n) is 6.82. The molecule has 4 heterocycles. The van der Waals surface area contributed by atoms with Gasteiger partial charge in [0.25, 0.3) is 0 Å². The molecule has 0 amide bonds. The zero-order valence-electron chi connectivity index (χ0n) is 12.1. The molecule has 0 aromatic carbocycles. The van der Waals surface area contributed by atoms with Crippen LogP contribution in [0.4, 0.5) is 0 Å². The predicted octanol–water partition coefficient (Wildman–Crippen LogP) is 4.49. The van der Waals surface area contributed by atoms with E-state index in [0.29, 0.717) is 0 Å². The van der Waals surface area contributed by atoms with Crippen molar-refractivity contribution < 1.29 is 0 Å². The van der Waals surface area contributed by atoms with Gasteiger partial charge in [-0.05, 0) is 49.2 Å². The summed E-state index contributed by atoms with van der Waals surface area (Å²) in [6, 6.07) is 8.06. The van der Waals surface area contributed by atoms with Gasteiger partial charge in [-0.3, -0.25) is 9.97 Å². The van der Waals surface area contributed by atoms with E-state index in [0.717, 1.165) is 31.1 Å². The third-order valence-corrected chi connectivity index (χ3v) is 5.32. The molecular weight excluding hydrogens is 312 g/mol. The molecule has 0 N–H and O–H groups in total. The van der Waals surface area contributed by atoms with Gasteiger partial charge in [0.05, 0.1) is 11.4 Å². The molecule has 0 saturated heterocycles. The number of nitrogens with zero attached hydrogens (tertiary/aromatic N) is 4. The molecule has 0 atom stereocenters. The van der Waals surface area contributed by atoms with E-state index in [-0.39, 0.29) is 0 Å². The smallest absolute Gasteiger partial charge is 0.156 e. The van der Waals surface area contributed by atoms with E-state index in [4.69, 9.17) is 0 Å². The molecule has 0 aliphatic heterocycles. The first kappa shape index (κ1) is 13.5. The quantitative estimate of drug-likeness (QED) is 0.545. The monoisotopic (exact) mass is 324 g/mol. The van der Waals surface area contributed by atoms with Gasteiger partial charge in [0.2, 0.25) is 0 Å². The Morgan fingerprint density at radius 2 is 1.18 bits per heavy atom. The Morgan fingerprint density at radius 1 is 0.727 bits per heavy atom. The molecule has 22 heavy (non-hydrogen) atoms. The molecular formula is C16H12N4S2. The number of rotatable bonds is 2. The van der Waals surface area contributed by atoms with Crippen molar-refractivity contribution in [3.8, 4) is 21.4 Å². The van der Waals surface area contributed by atoms with Crippen LogP contribution in [-0.2, 0) is 0 Å². The zero-order valence-corrected chi connectivity index (χ0v) is 13.7. The summed E-state index contributed by atoms with van der Waals surface area (Å²) >= 11 is 3.15.